The van der Waals surface area contributed by atoms with Crippen LogP contribution in [0.1, 0.15) is 22.3 Å². The number of amides is 1. The Hall–Kier alpha value is -1.56. The van der Waals surface area contributed by atoms with Gasteiger partial charge in [0.2, 0.25) is 0 Å². The zero-order valence-electron chi connectivity index (χ0n) is 12.4. The van der Waals surface area contributed by atoms with Crippen molar-refractivity contribution in [1.82, 2.24) is 20.4 Å². The van der Waals surface area contributed by atoms with Crippen molar-refractivity contribution in [2.24, 2.45) is 0 Å². The Kier molecular flexibility index (Phi) is 7.95. The lowest BCUT2D eigenvalue weighted by atomic mass is 10.2. The number of hydrogen-bond acceptors (Lipinski definition) is 3. The zero-order valence-corrected chi connectivity index (χ0v) is 14.0. The van der Waals surface area contributed by atoms with Gasteiger partial charge in [-0.25, -0.2) is 0 Å². The van der Waals surface area contributed by atoms with Gasteiger partial charge < -0.3 is 10.6 Å². The predicted octanol–water partition coefficient (Wildman–Crippen LogP) is 2.35. The molecule has 22 heavy (non-hydrogen) atoms. The van der Waals surface area contributed by atoms with E-state index in [1.165, 1.54) is 0 Å². The molecule has 0 spiro atoms. The van der Waals surface area contributed by atoms with Crippen molar-refractivity contribution in [2.75, 3.05) is 20.1 Å². The number of hydrogen-bond donors (Lipinski definition) is 2. The van der Waals surface area contributed by atoms with Crippen molar-refractivity contribution in [1.29, 1.82) is 0 Å². The molecule has 2 N–H and O–H groups in total. The van der Waals surface area contributed by atoms with Crippen LogP contribution in [0.15, 0.2) is 36.7 Å². The minimum Gasteiger partial charge on any atom is -0.352 e. The van der Waals surface area contributed by atoms with Gasteiger partial charge in [0.05, 0.1) is 18.3 Å². The first kappa shape index (κ1) is 18.5. The van der Waals surface area contributed by atoms with Gasteiger partial charge in [-0.2, -0.15) is 5.10 Å². The summed E-state index contributed by atoms with van der Waals surface area (Å²) in [5.41, 5.74) is 1.54. The summed E-state index contributed by atoms with van der Waals surface area (Å²) in [7, 11) is 1.89. The van der Waals surface area contributed by atoms with E-state index in [1.54, 1.807) is 17.1 Å². The highest BCUT2D eigenvalue weighted by Crippen LogP contribution is 2.16. The average Bonchev–Trinajstić information content (AvgIpc) is 2.94. The number of carbonyl (C=O) groups is 1. The lowest BCUT2D eigenvalue weighted by Crippen LogP contribution is -2.26. The summed E-state index contributed by atoms with van der Waals surface area (Å²) in [6, 6.07) is 7.61. The van der Waals surface area contributed by atoms with E-state index in [2.05, 4.69) is 15.7 Å². The van der Waals surface area contributed by atoms with E-state index in [0.29, 0.717) is 23.7 Å². The van der Waals surface area contributed by atoms with Gasteiger partial charge >= 0.3 is 0 Å². The van der Waals surface area contributed by atoms with E-state index in [1.807, 2.05) is 31.3 Å². The number of halogens is 2. The molecule has 7 heteroatoms. The molecule has 1 aromatic carbocycles. The lowest BCUT2D eigenvalue weighted by molar-refractivity contribution is 0.0953. The molecule has 5 nitrogen and oxygen atoms in total. The van der Waals surface area contributed by atoms with Crippen molar-refractivity contribution >= 4 is 29.9 Å². The molecule has 0 aliphatic heterocycles. The number of aromatic nitrogens is 2. The van der Waals surface area contributed by atoms with Crippen LogP contribution in [0.5, 0.6) is 0 Å². The minimum atomic E-state index is -0.100. The Bertz CT molecular complexity index is 601. The van der Waals surface area contributed by atoms with E-state index < -0.39 is 0 Å². The molecule has 0 bridgehead atoms. The number of rotatable bonds is 7. The summed E-state index contributed by atoms with van der Waals surface area (Å²) >= 11 is 6.12. The van der Waals surface area contributed by atoms with Gasteiger partial charge in [-0.3, -0.25) is 9.48 Å². The highest BCUT2D eigenvalue weighted by Gasteiger charge is 2.08. The van der Waals surface area contributed by atoms with Crippen LogP contribution in [-0.4, -0.2) is 35.8 Å². The van der Waals surface area contributed by atoms with Crippen molar-refractivity contribution in [3.63, 3.8) is 0 Å². The third kappa shape index (κ3) is 5.33. The fraction of sp³-hybridized carbons (Fsp3) is 0.333. The van der Waals surface area contributed by atoms with Gasteiger partial charge in [-0.05, 0) is 31.6 Å². The largest absolute Gasteiger partial charge is 0.352 e. The maximum Gasteiger partial charge on any atom is 0.254 e. The Morgan fingerprint density at radius 2 is 2.09 bits per heavy atom. The molecule has 1 aromatic heterocycles. The monoisotopic (exact) mass is 342 g/mol. The van der Waals surface area contributed by atoms with Crippen LogP contribution in [0.3, 0.4) is 0 Å². The van der Waals surface area contributed by atoms with Gasteiger partial charge in [-0.1, -0.05) is 29.8 Å². The molecule has 0 fully saturated rings. The third-order valence-electron chi connectivity index (χ3n) is 3.07. The Morgan fingerprint density at radius 1 is 1.32 bits per heavy atom. The molecule has 1 amide bonds. The summed E-state index contributed by atoms with van der Waals surface area (Å²) in [6.07, 6.45) is 4.21. The maximum atomic E-state index is 11.9. The van der Waals surface area contributed by atoms with Crippen LogP contribution in [0.2, 0.25) is 5.02 Å². The smallest absolute Gasteiger partial charge is 0.254 e. The highest BCUT2D eigenvalue weighted by molar-refractivity contribution is 6.31. The van der Waals surface area contributed by atoms with Crippen molar-refractivity contribution in [3.8, 4) is 0 Å². The first-order chi connectivity index (χ1) is 10.2. The summed E-state index contributed by atoms with van der Waals surface area (Å²) in [5.74, 6) is -0.100. The van der Waals surface area contributed by atoms with Crippen LogP contribution in [0.4, 0.5) is 0 Å². The standard InChI is InChI=1S/C15H19ClN4O.ClH/c1-17-7-4-8-18-15(21)13-9-19-20(11-13)10-12-5-2-3-6-14(12)16;/h2-3,5-6,9,11,17H,4,7-8,10H2,1H3,(H,18,21);1H. The summed E-state index contributed by atoms with van der Waals surface area (Å²) in [5, 5.41) is 10.8. The molecule has 0 saturated heterocycles. The van der Waals surface area contributed by atoms with Crippen LogP contribution in [0.25, 0.3) is 0 Å². The fourth-order valence-electron chi connectivity index (χ4n) is 1.94. The molecule has 1 heterocycles. The molecule has 0 radical (unpaired) electrons. The first-order valence-electron chi connectivity index (χ1n) is 6.89. The Balaban J connectivity index is 0.00000242. The Morgan fingerprint density at radius 3 is 2.82 bits per heavy atom. The van der Waals surface area contributed by atoms with E-state index >= 15 is 0 Å². The quantitative estimate of drug-likeness (QED) is 0.759. The summed E-state index contributed by atoms with van der Waals surface area (Å²) in [6.45, 7) is 2.08. The average molecular weight is 343 g/mol. The highest BCUT2D eigenvalue weighted by atomic mass is 35.5. The first-order valence-corrected chi connectivity index (χ1v) is 7.27. The second-order valence-corrected chi connectivity index (χ2v) is 5.14. The lowest BCUT2D eigenvalue weighted by Gasteiger charge is -2.04. The number of nitrogens with zero attached hydrogens (tertiary/aromatic N) is 2. The van der Waals surface area contributed by atoms with Gasteiger partial charge in [-0.15, -0.1) is 12.4 Å². The van der Waals surface area contributed by atoms with Gasteiger partial charge in [0.25, 0.3) is 5.91 Å². The number of nitrogens with one attached hydrogen (secondary N) is 2. The van der Waals surface area contributed by atoms with Crippen LogP contribution in [-0.2, 0) is 6.54 Å². The van der Waals surface area contributed by atoms with E-state index in [4.69, 9.17) is 11.6 Å². The summed E-state index contributed by atoms with van der Waals surface area (Å²) < 4.78 is 1.71. The predicted molar refractivity (Wildman–Crippen MR) is 90.9 cm³/mol. The van der Waals surface area contributed by atoms with Crippen molar-refractivity contribution < 1.29 is 4.79 Å². The van der Waals surface area contributed by atoms with Gasteiger partial charge in [0, 0.05) is 17.8 Å². The van der Waals surface area contributed by atoms with Crippen molar-refractivity contribution in [2.45, 2.75) is 13.0 Å². The third-order valence-corrected chi connectivity index (χ3v) is 3.44. The van der Waals surface area contributed by atoms with E-state index in [-0.39, 0.29) is 18.3 Å². The molecular weight excluding hydrogens is 323 g/mol. The second-order valence-electron chi connectivity index (χ2n) is 4.73. The molecule has 0 saturated carbocycles. The Labute approximate surface area is 141 Å². The molecule has 0 aliphatic carbocycles. The topological polar surface area (TPSA) is 58.9 Å². The fourth-order valence-corrected chi connectivity index (χ4v) is 2.13. The summed E-state index contributed by atoms with van der Waals surface area (Å²) in [4.78, 5) is 11.9. The van der Waals surface area contributed by atoms with Crippen LogP contribution >= 0.6 is 24.0 Å². The van der Waals surface area contributed by atoms with E-state index in [0.717, 1.165) is 18.5 Å². The molecule has 0 aliphatic rings. The SMILES string of the molecule is CNCCCNC(=O)c1cnn(Cc2ccccc2Cl)c1.Cl. The van der Waals surface area contributed by atoms with Crippen molar-refractivity contribution in [3.05, 3.63) is 52.8 Å². The molecule has 2 rings (SSSR count). The molecule has 0 unspecified atom stereocenters. The molecule has 2 aromatic rings. The number of carbonyl (C=O) groups excluding carboxylic acids is 1. The molecule has 120 valence electrons. The van der Waals surface area contributed by atoms with Gasteiger partial charge in [0.1, 0.15) is 0 Å². The zero-order chi connectivity index (χ0) is 15.1. The second kappa shape index (κ2) is 9.46. The van der Waals surface area contributed by atoms with E-state index in [9.17, 15) is 4.79 Å². The minimum absolute atomic E-state index is 0. The van der Waals surface area contributed by atoms with Gasteiger partial charge in [0.15, 0.2) is 0 Å². The number of benzene rings is 1. The normalized spacial score (nSPS) is 10.1. The van der Waals surface area contributed by atoms with Crippen LogP contribution < -0.4 is 10.6 Å². The maximum absolute atomic E-state index is 11.9. The molecular formula is C15H20Cl2N4O. The molecule has 0 atom stereocenters. The van der Waals surface area contributed by atoms with Crippen LogP contribution in [0, 0.1) is 0 Å².